The van der Waals surface area contributed by atoms with E-state index in [0.29, 0.717) is 23.8 Å². The molecule has 0 saturated carbocycles. The van der Waals surface area contributed by atoms with Crippen molar-refractivity contribution in [1.82, 2.24) is 9.88 Å². The number of pyridine rings is 1. The zero-order valence-electron chi connectivity index (χ0n) is 12.2. The molecule has 2 aromatic rings. The minimum absolute atomic E-state index is 0.0763. The lowest BCUT2D eigenvalue weighted by atomic mass is 10.3. The summed E-state index contributed by atoms with van der Waals surface area (Å²) in [4.78, 5) is 17.5. The smallest absolute Gasteiger partial charge is 0.322 e. The van der Waals surface area contributed by atoms with Crippen LogP contribution >= 0.6 is 11.6 Å². The highest BCUT2D eigenvalue weighted by atomic mass is 35.5. The van der Waals surface area contributed by atoms with Crippen LogP contribution in [0, 0.1) is 5.82 Å². The van der Waals surface area contributed by atoms with Crippen molar-refractivity contribution >= 4 is 23.3 Å². The summed E-state index contributed by atoms with van der Waals surface area (Å²) >= 11 is 5.83. The zero-order chi connectivity index (χ0) is 16.2. The topological polar surface area (TPSA) is 54.5 Å². The Balaban J connectivity index is 1.54. The van der Waals surface area contributed by atoms with Gasteiger partial charge in [-0.1, -0.05) is 11.6 Å². The van der Waals surface area contributed by atoms with Crippen molar-refractivity contribution in [2.75, 3.05) is 18.4 Å². The first-order valence-corrected chi connectivity index (χ1v) is 7.56. The predicted octanol–water partition coefficient (Wildman–Crippen LogP) is 3.56. The number of urea groups is 1. The van der Waals surface area contributed by atoms with Gasteiger partial charge in [-0.2, -0.15) is 0 Å². The number of benzene rings is 1. The van der Waals surface area contributed by atoms with Gasteiger partial charge >= 0.3 is 6.03 Å². The third kappa shape index (κ3) is 4.10. The summed E-state index contributed by atoms with van der Waals surface area (Å²) < 4.78 is 18.9. The van der Waals surface area contributed by atoms with Gasteiger partial charge in [0.05, 0.1) is 24.6 Å². The van der Waals surface area contributed by atoms with Gasteiger partial charge in [-0.15, -0.1) is 0 Å². The third-order valence-electron chi connectivity index (χ3n) is 3.50. The molecule has 0 aliphatic carbocycles. The van der Waals surface area contributed by atoms with Crippen LogP contribution in [0.1, 0.15) is 6.42 Å². The number of amides is 2. The normalized spacial score (nSPS) is 17.1. The number of hydrogen-bond donors (Lipinski definition) is 1. The molecule has 1 saturated heterocycles. The van der Waals surface area contributed by atoms with Crippen molar-refractivity contribution in [2.24, 2.45) is 0 Å². The maximum Gasteiger partial charge on any atom is 0.322 e. The second-order valence-corrected chi connectivity index (χ2v) is 5.69. The highest BCUT2D eigenvalue weighted by Crippen LogP contribution is 2.21. The lowest BCUT2D eigenvalue weighted by Crippen LogP contribution is -2.34. The number of nitrogens with one attached hydrogen (secondary N) is 1. The molecule has 1 fully saturated rings. The molecular weight excluding hydrogens is 321 g/mol. The number of ether oxygens (including phenoxy) is 1. The molecule has 1 aliphatic heterocycles. The molecular formula is C16H15ClFN3O2. The minimum Gasteiger partial charge on any atom is -0.489 e. The summed E-state index contributed by atoms with van der Waals surface area (Å²) in [5.74, 6) is 0.226. The molecule has 0 spiro atoms. The van der Waals surface area contributed by atoms with E-state index in [4.69, 9.17) is 16.3 Å². The Labute approximate surface area is 138 Å². The summed E-state index contributed by atoms with van der Waals surface area (Å²) in [6.07, 6.45) is 3.14. The lowest BCUT2D eigenvalue weighted by molar-refractivity contribution is 0.195. The van der Waals surface area contributed by atoms with Crippen molar-refractivity contribution in [3.8, 4) is 5.75 Å². The molecule has 23 heavy (non-hydrogen) atoms. The van der Waals surface area contributed by atoms with Gasteiger partial charge in [0, 0.05) is 24.1 Å². The summed E-state index contributed by atoms with van der Waals surface area (Å²) in [6, 6.07) is 8.04. The van der Waals surface area contributed by atoms with E-state index >= 15 is 0 Å². The maximum absolute atomic E-state index is 13.1. The molecule has 1 unspecified atom stereocenters. The molecule has 5 nitrogen and oxygen atoms in total. The highest BCUT2D eigenvalue weighted by molar-refractivity contribution is 6.30. The molecule has 1 aromatic heterocycles. The summed E-state index contributed by atoms with van der Waals surface area (Å²) in [5.41, 5.74) is 0.331. The first kappa shape index (κ1) is 15.6. The maximum atomic E-state index is 13.1. The van der Waals surface area contributed by atoms with Crippen molar-refractivity contribution in [3.63, 3.8) is 0 Å². The fraction of sp³-hybridized carbons (Fsp3) is 0.250. The molecule has 1 N–H and O–H groups in total. The second-order valence-electron chi connectivity index (χ2n) is 5.25. The van der Waals surface area contributed by atoms with Crippen molar-refractivity contribution in [2.45, 2.75) is 12.5 Å². The molecule has 2 heterocycles. The van der Waals surface area contributed by atoms with Crippen LogP contribution in [0.5, 0.6) is 5.75 Å². The zero-order valence-corrected chi connectivity index (χ0v) is 13.0. The van der Waals surface area contributed by atoms with Crippen LogP contribution in [0.3, 0.4) is 0 Å². The lowest BCUT2D eigenvalue weighted by Gasteiger charge is -2.18. The number of halogens is 2. The number of aromatic nitrogens is 1. The van der Waals surface area contributed by atoms with Gasteiger partial charge in [-0.25, -0.2) is 9.18 Å². The largest absolute Gasteiger partial charge is 0.489 e. The Hall–Kier alpha value is -2.34. The second kappa shape index (κ2) is 6.83. The standard InChI is InChI=1S/C16H15ClFN3O2/c17-11-1-3-14(4-2-11)23-15-5-6-21(10-15)16(22)20-13-7-12(18)8-19-9-13/h1-4,7-9,15H,5-6,10H2,(H,20,22). The van der Waals surface area contributed by atoms with Gasteiger partial charge in [-0.3, -0.25) is 4.98 Å². The van der Waals surface area contributed by atoms with E-state index in [1.165, 1.54) is 12.3 Å². The van der Waals surface area contributed by atoms with E-state index in [2.05, 4.69) is 10.3 Å². The van der Waals surface area contributed by atoms with Crippen LogP contribution in [0.25, 0.3) is 0 Å². The Bertz CT molecular complexity index is 696. The highest BCUT2D eigenvalue weighted by Gasteiger charge is 2.27. The van der Waals surface area contributed by atoms with Crippen LogP contribution in [-0.4, -0.2) is 35.1 Å². The van der Waals surface area contributed by atoms with Gasteiger partial charge in [0.1, 0.15) is 17.7 Å². The van der Waals surface area contributed by atoms with Gasteiger partial charge in [-0.05, 0) is 24.3 Å². The number of anilines is 1. The van der Waals surface area contributed by atoms with E-state index in [-0.39, 0.29) is 12.1 Å². The average molecular weight is 336 g/mol. The number of rotatable bonds is 3. The van der Waals surface area contributed by atoms with E-state index in [0.717, 1.165) is 18.4 Å². The Morgan fingerprint density at radius 2 is 2.13 bits per heavy atom. The van der Waals surface area contributed by atoms with E-state index < -0.39 is 5.82 Å². The van der Waals surface area contributed by atoms with Gasteiger partial charge in [0.25, 0.3) is 0 Å². The number of likely N-dealkylation sites (tertiary alicyclic amines) is 1. The summed E-state index contributed by atoms with van der Waals surface area (Å²) in [5, 5.41) is 3.27. The number of carbonyl (C=O) groups excluding carboxylic acids is 1. The van der Waals surface area contributed by atoms with Crippen molar-refractivity contribution in [1.29, 1.82) is 0 Å². The monoisotopic (exact) mass is 335 g/mol. The predicted molar refractivity (Wildman–Crippen MR) is 85.3 cm³/mol. The molecule has 0 bridgehead atoms. The Morgan fingerprint density at radius 1 is 1.35 bits per heavy atom. The van der Waals surface area contributed by atoms with Crippen LogP contribution in [-0.2, 0) is 0 Å². The van der Waals surface area contributed by atoms with E-state index in [1.54, 1.807) is 29.2 Å². The van der Waals surface area contributed by atoms with Crippen LogP contribution in [0.15, 0.2) is 42.7 Å². The molecule has 0 radical (unpaired) electrons. The number of carbonyl (C=O) groups is 1. The number of nitrogens with zero attached hydrogens (tertiary/aromatic N) is 2. The molecule has 3 rings (SSSR count). The van der Waals surface area contributed by atoms with E-state index in [9.17, 15) is 9.18 Å². The summed E-state index contributed by atoms with van der Waals surface area (Å²) in [6.45, 7) is 1.05. The quantitative estimate of drug-likeness (QED) is 0.933. The summed E-state index contributed by atoms with van der Waals surface area (Å²) in [7, 11) is 0. The van der Waals surface area contributed by atoms with Crippen LogP contribution in [0.2, 0.25) is 5.02 Å². The Kier molecular flexibility index (Phi) is 4.62. The molecule has 1 aliphatic rings. The third-order valence-corrected chi connectivity index (χ3v) is 3.76. The SMILES string of the molecule is O=C(Nc1cncc(F)c1)N1CCC(Oc2ccc(Cl)cc2)C1. The fourth-order valence-electron chi connectivity index (χ4n) is 2.40. The molecule has 1 aromatic carbocycles. The van der Waals surface area contributed by atoms with E-state index in [1.807, 2.05) is 0 Å². The molecule has 120 valence electrons. The van der Waals surface area contributed by atoms with Crippen molar-refractivity contribution < 1.29 is 13.9 Å². The molecule has 2 amide bonds. The van der Waals surface area contributed by atoms with Gasteiger partial charge < -0.3 is 15.0 Å². The molecule has 1 atom stereocenters. The Morgan fingerprint density at radius 3 is 2.87 bits per heavy atom. The minimum atomic E-state index is -0.492. The fourth-order valence-corrected chi connectivity index (χ4v) is 2.52. The average Bonchev–Trinajstić information content (AvgIpc) is 2.98. The first-order valence-electron chi connectivity index (χ1n) is 7.19. The van der Waals surface area contributed by atoms with Gasteiger partial charge in [0.15, 0.2) is 0 Å². The van der Waals surface area contributed by atoms with Crippen molar-refractivity contribution in [3.05, 3.63) is 53.6 Å². The van der Waals surface area contributed by atoms with Crippen LogP contribution < -0.4 is 10.1 Å². The first-order chi connectivity index (χ1) is 11.1. The number of hydrogen-bond acceptors (Lipinski definition) is 3. The van der Waals surface area contributed by atoms with Gasteiger partial charge in [0.2, 0.25) is 0 Å². The van der Waals surface area contributed by atoms with Crippen LogP contribution in [0.4, 0.5) is 14.9 Å². The molecule has 7 heteroatoms.